The SMILES string of the molecule is CC(C)C[C@@H](C(=O)NCCC(c1ccccc1)c1ccccc1)N1C(=O)N2CCc3c([nH]c4ccccc34)[C@@]2(C)C1=O. The third kappa shape index (κ3) is 4.67. The molecule has 0 unspecified atom stereocenters. The summed E-state index contributed by atoms with van der Waals surface area (Å²) in [5.74, 6) is -0.408. The Bertz CT molecular complexity index is 1570. The Morgan fingerprint density at radius 2 is 1.55 bits per heavy atom. The first-order valence-corrected chi connectivity index (χ1v) is 14.9. The third-order valence-electron chi connectivity index (χ3n) is 8.94. The number of carbonyl (C=O) groups excluding carboxylic acids is 3. The van der Waals surface area contributed by atoms with Crippen LogP contribution in [0.25, 0.3) is 10.9 Å². The van der Waals surface area contributed by atoms with E-state index in [0.717, 1.165) is 22.2 Å². The van der Waals surface area contributed by atoms with Crippen LogP contribution in [-0.4, -0.2) is 51.8 Å². The van der Waals surface area contributed by atoms with Crippen LogP contribution >= 0.6 is 0 Å². The van der Waals surface area contributed by atoms with Crippen LogP contribution in [0.4, 0.5) is 4.79 Å². The molecular formula is C35H38N4O3. The fourth-order valence-corrected chi connectivity index (χ4v) is 6.82. The summed E-state index contributed by atoms with van der Waals surface area (Å²) >= 11 is 0. The van der Waals surface area contributed by atoms with Crippen LogP contribution < -0.4 is 5.32 Å². The summed E-state index contributed by atoms with van der Waals surface area (Å²) in [6.45, 7) is 6.69. The molecule has 42 heavy (non-hydrogen) atoms. The van der Waals surface area contributed by atoms with Crippen LogP contribution in [0, 0.1) is 5.92 Å². The number of H-pyrrole nitrogens is 1. The molecule has 0 aliphatic carbocycles. The molecule has 0 spiro atoms. The maximum absolute atomic E-state index is 14.3. The molecule has 0 bridgehead atoms. The molecule has 0 radical (unpaired) electrons. The quantitative estimate of drug-likeness (QED) is 0.247. The van der Waals surface area contributed by atoms with Gasteiger partial charge < -0.3 is 15.2 Å². The van der Waals surface area contributed by atoms with Crippen LogP contribution in [0.5, 0.6) is 0 Å². The molecule has 4 amide bonds. The Hall–Kier alpha value is -4.39. The van der Waals surface area contributed by atoms with Gasteiger partial charge in [-0.1, -0.05) is 92.7 Å². The van der Waals surface area contributed by atoms with Crippen molar-refractivity contribution in [2.45, 2.75) is 57.5 Å². The smallest absolute Gasteiger partial charge is 0.328 e. The summed E-state index contributed by atoms with van der Waals surface area (Å²) in [6, 6.07) is 27.3. The molecule has 2 atom stereocenters. The van der Waals surface area contributed by atoms with Gasteiger partial charge in [-0.05, 0) is 54.9 Å². The molecule has 216 valence electrons. The van der Waals surface area contributed by atoms with Gasteiger partial charge in [0.2, 0.25) is 5.91 Å². The number of imide groups is 1. The molecular weight excluding hydrogens is 524 g/mol. The number of aromatic nitrogens is 1. The van der Waals surface area contributed by atoms with E-state index in [1.165, 1.54) is 16.0 Å². The maximum Gasteiger partial charge on any atom is 0.328 e. The largest absolute Gasteiger partial charge is 0.356 e. The zero-order chi connectivity index (χ0) is 29.4. The number of hydrogen-bond donors (Lipinski definition) is 2. The predicted molar refractivity (Wildman–Crippen MR) is 164 cm³/mol. The Labute approximate surface area is 246 Å². The third-order valence-corrected chi connectivity index (χ3v) is 8.94. The Kier molecular flexibility index (Phi) is 7.35. The first kappa shape index (κ1) is 27.8. The van der Waals surface area contributed by atoms with Gasteiger partial charge >= 0.3 is 6.03 Å². The molecule has 2 aliphatic heterocycles. The molecule has 2 N–H and O–H groups in total. The summed E-state index contributed by atoms with van der Waals surface area (Å²) < 4.78 is 0. The second kappa shape index (κ2) is 11.1. The second-order valence-electron chi connectivity index (χ2n) is 12.1. The number of nitrogens with zero attached hydrogens (tertiary/aromatic N) is 2. The van der Waals surface area contributed by atoms with Crippen molar-refractivity contribution in [3.05, 3.63) is 107 Å². The van der Waals surface area contributed by atoms with E-state index < -0.39 is 11.6 Å². The van der Waals surface area contributed by atoms with Crippen molar-refractivity contribution in [1.82, 2.24) is 20.1 Å². The van der Waals surface area contributed by atoms with Crippen molar-refractivity contribution in [1.29, 1.82) is 0 Å². The van der Waals surface area contributed by atoms with Gasteiger partial charge in [0.05, 0.1) is 5.69 Å². The number of fused-ring (bicyclic) bond motifs is 5. The number of aromatic amines is 1. The average Bonchev–Trinajstić information content (AvgIpc) is 3.48. The van der Waals surface area contributed by atoms with Gasteiger partial charge in [0.15, 0.2) is 5.54 Å². The zero-order valence-corrected chi connectivity index (χ0v) is 24.5. The van der Waals surface area contributed by atoms with E-state index in [9.17, 15) is 14.4 Å². The van der Waals surface area contributed by atoms with Gasteiger partial charge in [-0.25, -0.2) is 9.69 Å². The van der Waals surface area contributed by atoms with Crippen LogP contribution in [0.1, 0.15) is 61.9 Å². The summed E-state index contributed by atoms with van der Waals surface area (Å²) in [5.41, 5.74) is 3.97. The summed E-state index contributed by atoms with van der Waals surface area (Å²) in [5, 5.41) is 4.18. The molecule has 2 aliphatic rings. The fraction of sp³-hybridized carbons (Fsp3) is 0.343. The number of amides is 4. The lowest BCUT2D eigenvalue weighted by molar-refractivity contribution is -0.140. The molecule has 3 aromatic carbocycles. The maximum atomic E-state index is 14.3. The summed E-state index contributed by atoms with van der Waals surface area (Å²) in [7, 11) is 0. The van der Waals surface area contributed by atoms with Crippen LogP contribution in [0.3, 0.4) is 0 Å². The summed E-state index contributed by atoms with van der Waals surface area (Å²) in [6.07, 6.45) is 1.75. The minimum absolute atomic E-state index is 0.108. The number of rotatable bonds is 9. The van der Waals surface area contributed by atoms with Crippen LogP contribution in [0.2, 0.25) is 0 Å². The Balaban J connectivity index is 1.25. The molecule has 6 rings (SSSR count). The minimum Gasteiger partial charge on any atom is -0.356 e. The Morgan fingerprint density at radius 1 is 0.929 bits per heavy atom. The number of hydrogen-bond acceptors (Lipinski definition) is 3. The van der Waals surface area contributed by atoms with E-state index in [0.29, 0.717) is 32.4 Å². The first-order chi connectivity index (χ1) is 20.3. The fourth-order valence-electron chi connectivity index (χ4n) is 6.82. The average molecular weight is 563 g/mol. The molecule has 7 heteroatoms. The number of benzene rings is 3. The highest BCUT2D eigenvalue weighted by Crippen LogP contribution is 2.45. The highest BCUT2D eigenvalue weighted by atomic mass is 16.2. The summed E-state index contributed by atoms with van der Waals surface area (Å²) in [4.78, 5) is 48.3. The van der Waals surface area contributed by atoms with Gasteiger partial charge in [-0.2, -0.15) is 0 Å². The van der Waals surface area contributed by atoms with Crippen LogP contribution in [0.15, 0.2) is 84.9 Å². The lowest BCUT2D eigenvalue weighted by atomic mass is 9.86. The van der Waals surface area contributed by atoms with E-state index in [-0.39, 0.29) is 29.7 Å². The predicted octanol–water partition coefficient (Wildman–Crippen LogP) is 5.96. The molecule has 1 fully saturated rings. The number of para-hydroxylation sites is 1. The van der Waals surface area contributed by atoms with Gasteiger partial charge in [0.25, 0.3) is 5.91 Å². The topological polar surface area (TPSA) is 85.5 Å². The monoisotopic (exact) mass is 562 g/mol. The van der Waals surface area contributed by atoms with E-state index in [1.54, 1.807) is 4.90 Å². The number of urea groups is 1. The molecule has 7 nitrogen and oxygen atoms in total. The first-order valence-electron chi connectivity index (χ1n) is 14.9. The highest BCUT2D eigenvalue weighted by molar-refractivity contribution is 6.11. The molecule has 0 saturated carbocycles. The second-order valence-corrected chi connectivity index (χ2v) is 12.1. The van der Waals surface area contributed by atoms with Crippen molar-refractivity contribution < 1.29 is 14.4 Å². The van der Waals surface area contributed by atoms with Crippen molar-refractivity contribution in [3.63, 3.8) is 0 Å². The highest BCUT2D eigenvalue weighted by Gasteiger charge is 2.60. The molecule has 3 heterocycles. The van der Waals surface area contributed by atoms with Gasteiger partial charge in [-0.3, -0.25) is 9.59 Å². The van der Waals surface area contributed by atoms with Gasteiger partial charge in [0.1, 0.15) is 6.04 Å². The number of carbonyl (C=O) groups is 3. The van der Waals surface area contributed by atoms with Crippen LogP contribution in [-0.2, 0) is 21.5 Å². The minimum atomic E-state index is -1.18. The van der Waals surface area contributed by atoms with Crippen molar-refractivity contribution in [3.8, 4) is 0 Å². The van der Waals surface area contributed by atoms with Crippen molar-refractivity contribution in [2.24, 2.45) is 5.92 Å². The van der Waals surface area contributed by atoms with Crippen molar-refractivity contribution >= 4 is 28.7 Å². The standard InChI is InChI=1S/C35H38N4O3/c1-23(2)22-30(32(40)36-20-18-26(24-12-6-4-7-13-24)25-14-8-5-9-15-25)39-33(41)35(3)31-28(19-21-38(35)34(39)42)27-16-10-11-17-29(27)37-31/h4-17,23,26,30,37H,18-22H2,1-3H3,(H,36,40)/t30-,35-/m0/s1. The Morgan fingerprint density at radius 3 is 2.19 bits per heavy atom. The number of nitrogens with one attached hydrogen (secondary N) is 2. The van der Waals surface area contributed by atoms with Gasteiger partial charge in [0, 0.05) is 29.9 Å². The van der Waals surface area contributed by atoms with E-state index in [2.05, 4.69) is 40.6 Å². The molecule has 4 aromatic rings. The van der Waals surface area contributed by atoms with E-state index in [1.807, 2.05) is 75.4 Å². The lowest BCUT2D eigenvalue weighted by Crippen LogP contribution is -2.51. The van der Waals surface area contributed by atoms with Gasteiger partial charge in [-0.15, -0.1) is 0 Å². The van der Waals surface area contributed by atoms with E-state index in [4.69, 9.17) is 0 Å². The normalized spacial score (nSPS) is 19.0. The van der Waals surface area contributed by atoms with E-state index >= 15 is 0 Å². The molecule has 1 saturated heterocycles. The lowest BCUT2D eigenvalue weighted by Gasteiger charge is -2.36. The van der Waals surface area contributed by atoms with Crippen molar-refractivity contribution in [2.75, 3.05) is 13.1 Å². The molecule has 1 aromatic heterocycles. The zero-order valence-electron chi connectivity index (χ0n) is 24.5.